The first-order valence-electron chi connectivity index (χ1n) is 9.70. The average Bonchev–Trinajstić information content (AvgIpc) is 3.09. The predicted octanol–water partition coefficient (Wildman–Crippen LogP) is 1.80. The second-order valence-electron chi connectivity index (χ2n) is 7.60. The van der Waals surface area contributed by atoms with Crippen molar-refractivity contribution in [3.63, 3.8) is 0 Å². The Morgan fingerprint density at radius 2 is 2.23 bits per heavy atom. The number of piperidine rings is 2. The van der Waals surface area contributed by atoms with Gasteiger partial charge in [0.2, 0.25) is 0 Å². The molecule has 0 spiro atoms. The lowest BCUT2D eigenvalue weighted by Crippen LogP contribution is -2.56. The molecule has 4 unspecified atom stereocenters. The van der Waals surface area contributed by atoms with Crippen molar-refractivity contribution in [3.05, 3.63) is 54.5 Å². The topological polar surface area (TPSA) is 72.0 Å². The van der Waals surface area contributed by atoms with Crippen molar-refractivity contribution in [3.8, 4) is 0 Å². The van der Waals surface area contributed by atoms with E-state index in [9.17, 15) is 0 Å². The summed E-state index contributed by atoms with van der Waals surface area (Å²) in [6.07, 6.45) is 14.0. The third kappa shape index (κ3) is 3.98. The molecule has 6 heteroatoms. The number of likely N-dealkylation sites (tertiary alicyclic amines) is 1. The van der Waals surface area contributed by atoms with Gasteiger partial charge in [0.15, 0.2) is 0 Å². The highest BCUT2D eigenvalue weighted by Crippen LogP contribution is 2.31. The van der Waals surface area contributed by atoms with Gasteiger partial charge in [0, 0.05) is 61.7 Å². The summed E-state index contributed by atoms with van der Waals surface area (Å²) in [7, 11) is 1.96. The van der Waals surface area contributed by atoms with Crippen LogP contribution in [0.25, 0.3) is 0 Å². The average molecular weight is 353 g/mol. The Balaban J connectivity index is 1.49. The number of nitrogens with zero attached hydrogens (tertiary/aromatic N) is 4. The molecule has 26 heavy (non-hydrogen) atoms. The number of pyridine rings is 1. The Hall–Kier alpha value is -1.76. The zero-order valence-corrected chi connectivity index (χ0v) is 15.5. The van der Waals surface area contributed by atoms with Gasteiger partial charge in [-0.05, 0) is 37.9 Å². The summed E-state index contributed by atoms with van der Waals surface area (Å²) in [4.78, 5) is 7.22. The van der Waals surface area contributed by atoms with Gasteiger partial charge in [0.25, 0.3) is 0 Å². The van der Waals surface area contributed by atoms with E-state index in [1.54, 1.807) is 0 Å². The van der Waals surface area contributed by atoms with E-state index < -0.39 is 0 Å². The second kappa shape index (κ2) is 7.86. The molecular formula is C20H29N6. The van der Waals surface area contributed by atoms with Gasteiger partial charge in [-0.25, -0.2) is 0 Å². The largest absolute Gasteiger partial charge is 0.316 e. The van der Waals surface area contributed by atoms with Gasteiger partial charge in [0.05, 0.1) is 12.4 Å². The van der Waals surface area contributed by atoms with Crippen molar-refractivity contribution in [2.75, 3.05) is 6.54 Å². The highest BCUT2D eigenvalue weighted by atomic mass is 15.3. The highest BCUT2D eigenvalue weighted by Gasteiger charge is 2.36. The molecular weight excluding hydrogens is 324 g/mol. The minimum absolute atomic E-state index is 0.0867. The summed E-state index contributed by atoms with van der Waals surface area (Å²) in [6.45, 7) is 1.14. The van der Waals surface area contributed by atoms with Gasteiger partial charge in [-0.15, -0.1) is 0 Å². The van der Waals surface area contributed by atoms with Gasteiger partial charge in [-0.1, -0.05) is 12.5 Å². The molecule has 2 aromatic heterocycles. The van der Waals surface area contributed by atoms with Crippen LogP contribution in [0.15, 0.2) is 36.8 Å². The van der Waals surface area contributed by atoms with Crippen LogP contribution >= 0.6 is 0 Å². The summed E-state index contributed by atoms with van der Waals surface area (Å²) >= 11 is 0. The molecule has 4 heterocycles. The Morgan fingerprint density at radius 1 is 1.31 bits per heavy atom. The van der Waals surface area contributed by atoms with E-state index >= 15 is 0 Å². The fourth-order valence-corrected chi connectivity index (χ4v) is 4.45. The van der Waals surface area contributed by atoms with Crippen molar-refractivity contribution in [1.29, 1.82) is 0 Å². The monoisotopic (exact) mass is 353 g/mol. The van der Waals surface area contributed by atoms with Crippen LogP contribution in [0.2, 0.25) is 0 Å². The molecule has 2 saturated heterocycles. The van der Waals surface area contributed by atoms with Crippen molar-refractivity contribution in [1.82, 2.24) is 25.0 Å². The zero-order chi connectivity index (χ0) is 17.9. The van der Waals surface area contributed by atoms with Gasteiger partial charge < -0.3 is 5.73 Å². The Kier molecular flexibility index (Phi) is 5.33. The maximum Gasteiger partial charge on any atom is 0.0599 e. The molecule has 3 N–H and O–H groups in total. The normalized spacial score (nSPS) is 30.4. The summed E-state index contributed by atoms with van der Waals surface area (Å²) in [6, 6.07) is 7.40. The number of nitrogens with one attached hydrogen (secondary N) is 1. The first-order chi connectivity index (χ1) is 12.7. The molecule has 2 aliphatic rings. The molecule has 2 aliphatic heterocycles. The molecule has 6 nitrogen and oxygen atoms in total. The summed E-state index contributed by atoms with van der Waals surface area (Å²) in [5.41, 5.74) is 8.74. The van der Waals surface area contributed by atoms with Crippen molar-refractivity contribution < 1.29 is 0 Å². The van der Waals surface area contributed by atoms with Crippen LogP contribution in [0.3, 0.4) is 0 Å². The van der Waals surface area contributed by atoms with E-state index in [1.807, 2.05) is 30.2 Å². The standard InChI is InChI=1S/C20H29N6/c1-25-14-15(13-23-25)19-11-18(12-20(21)24-19)26-9-5-3-7-17(26)10-16-6-2-4-8-22-16/h2,4,6,8,12-14,17-20,24H,3,5,7,9-11,21H2,1H3. The number of aryl methyl sites for hydroxylation is 1. The lowest BCUT2D eigenvalue weighted by molar-refractivity contribution is 0.0817. The number of nitrogens with two attached hydrogens (primary N) is 1. The fraction of sp³-hybridized carbons (Fsp3) is 0.550. The van der Waals surface area contributed by atoms with E-state index in [0.717, 1.165) is 19.4 Å². The van der Waals surface area contributed by atoms with Crippen LogP contribution in [0.5, 0.6) is 0 Å². The van der Waals surface area contributed by atoms with Crippen molar-refractivity contribution in [2.24, 2.45) is 12.8 Å². The van der Waals surface area contributed by atoms with Crippen LogP contribution in [0, 0.1) is 6.42 Å². The molecule has 2 fully saturated rings. The quantitative estimate of drug-likeness (QED) is 0.877. The fourth-order valence-electron chi connectivity index (χ4n) is 4.45. The number of rotatable bonds is 4. The van der Waals surface area contributed by atoms with E-state index in [4.69, 9.17) is 5.73 Å². The smallest absolute Gasteiger partial charge is 0.0599 e. The lowest BCUT2D eigenvalue weighted by Gasteiger charge is -2.46. The molecule has 0 saturated carbocycles. The van der Waals surface area contributed by atoms with Gasteiger partial charge in [-0.3, -0.25) is 19.9 Å². The van der Waals surface area contributed by atoms with Gasteiger partial charge in [-0.2, -0.15) is 5.10 Å². The molecule has 0 aliphatic carbocycles. The molecule has 139 valence electrons. The molecule has 2 aromatic rings. The van der Waals surface area contributed by atoms with E-state index in [2.05, 4.69) is 45.0 Å². The SMILES string of the molecule is Cn1cc(C2CC(N3CCCCC3Cc3ccccn3)[CH]C(N)N2)cn1. The Morgan fingerprint density at radius 3 is 3.00 bits per heavy atom. The van der Waals surface area contributed by atoms with E-state index in [1.165, 1.54) is 30.5 Å². The molecule has 4 atom stereocenters. The predicted molar refractivity (Wildman–Crippen MR) is 102 cm³/mol. The Labute approximate surface area is 155 Å². The van der Waals surface area contributed by atoms with Gasteiger partial charge in [0.1, 0.15) is 0 Å². The van der Waals surface area contributed by atoms with Crippen LogP contribution in [-0.4, -0.2) is 44.5 Å². The minimum atomic E-state index is -0.0867. The van der Waals surface area contributed by atoms with E-state index in [0.29, 0.717) is 12.1 Å². The van der Waals surface area contributed by atoms with Crippen molar-refractivity contribution >= 4 is 0 Å². The molecule has 0 bridgehead atoms. The van der Waals surface area contributed by atoms with E-state index in [-0.39, 0.29) is 12.2 Å². The first-order valence-corrected chi connectivity index (χ1v) is 9.70. The number of hydrogen-bond acceptors (Lipinski definition) is 5. The van der Waals surface area contributed by atoms with Crippen LogP contribution in [0.1, 0.15) is 43.0 Å². The zero-order valence-electron chi connectivity index (χ0n) is 15.5. The van der Waals surface area contributed by atoms with Crippen LogP contribution in [-0.2, 0) is 13.5 Å². The summed E-state index contributed by atoms with van der Waals surface area (Å²) < 4.78 is 1.86. The third-order valence-corrected chi connectivity index (χ3v) is 5.70. The molecule has 1 radical (unpaired) electrons. The maximum absolute atomic E-state index is 6.33. The second-order valence-corrected chi connectivity index (χ2v) is 7.60. The first kappa shape index (κ1) is 17.6. The number of aromatic nitrogens is 3. The molecule has 0 amide bonds. The minimum Gasteiger partial charge on any atom is -0.316 e. The molecule has 0 aromatic carbocycles. The highest BCUT2D eigenvalue weighted by molar-refractivity contribution is 5.16. The van der Waals surface area contributed by atoms with Crippen molar-refractivity contribution in [2.45, 2.75) is 56.4 Å². The number of hydrogen-bond donors (Lipinski definition) is 2. The Bertz CT molecular complexity index is 699. The lowest BCUT2D eigenvalue weighted by atomic mass is 9.88. The maximum atomic E-state index is 6.33. The van der Waals surface area contributed by atoms with Gasteiger partial charge >= 0.3 is 0 Å². The summed E-state index contributed by atoms with van der Waals surface area (Å²) in [5.74, 6) is 0. The summed E-state index contributed by atoms with van der Waals surface area (Å²) in [5, 5.41) is 7.84. The third-order valence-electron chi connectivity index (χ3n) is 5.70. The van der Waals surface area contributed by atoms with Crippen LogP contribution < -0.4 is 11.1 Å². The van der Waals surface area contributed by atoms with Crippen LogP contribution in [0.4, 0.5) is 0 Å². The molecule has 4 rings (SSSR count).